The zero-order valence-electron chi connectivity index (χ0n) is 13.2. The summed E-state index contributed by atoms with van der Waals surface area (Å²) in [6.07, 6.45) is 13.2. The Bertz CT molecular complexity index is 224. The van der Waals surface area contributed by atoms with Gasteiger partial charge in [-0.3, -0.25) is 0 Å². The lowest BCUT2D eigenvalue weighted by Crippen LogP contribution is -2.45. The van der Waals surface area contributed by atoms with E-state index in [1.807, 2.05) is 0 Å². The Hall–Kier alpha value is -0.0400. The molecule has 0 spiro atoms. The molecule has 0 aromatic rings. The maximum absolute atomic E-state index is 6.59. The molecule has 1 fully saturated rings. The van der Waals surface area contributed by atoms with Crippen LogP contribution in [0.4, 0.5) is 0 Å². The van der Waals surface area contributed by atoms with Crippen molar-refractivity contribution < 1.29 is 0 Å². The van der Waals surface area contributed by atoms with Crippen molar-refractivity contribution in [3.63, 3.8) is 0 Å². The van der Waals surface area contributed by atoms with Gasteiger partial charge in [-0.15, -0.1) is 0 Å². The molecule has 0 aliphatic heterocycles. The molecular weight excluding hydrogens is 218 g/mol. The van der Waals surface area contributed by atoms with Crippen molar-refractivity contribution in [1.82, 2.24) is 0 Å². The maximum atomic E-state index is 6.59. The Labute approximate surface area is 115 Å². The smallest absolute Gasteiger partial charge is 0.0154 e. The molecule has 0 radical (unpaired) electrons. The van der Waals surface area contributed by atoms with Crippen molar-refractivity contribution >= 4 is 0 Å². The van der Waals surface area contributed by atoms with Crippen molar-refractivity contribution in [3.05, 3.63) is 0 Å². The van der Waals surface area contributed by atoms with Crippen molar-refractivity contribution in [2.75, 3.05) is 0 Å². The van der Waals surface area contributed by atoms with E-state index in [-0.39, 0.29) is 5.54 Å². The first kappa shape index (κ1) is 16.0. The number of rotatable bonds is 7. The Kier molecular flexibility index (Phi) is 6.17. The Morgan fingerprint density at radius 1 is 1.06 bits per heavy atom. The summed E-state index contributed by atoms with van der Waals surface area (Å²) in [5.41, 5.74) is 7.28. The molecule has 108 valence electrons. The molecule has 1 nitrogen and oxygen atoms in total. The first-order chi connectivity index (χ1) is 8.43. The number of hydrogen-bond acceptors (Lipinski definition) is 1. The van der Waals surface area contributed by atoms with Gasteiger partial charge >= 0.3 is 0 Å². The SMILES string of the molecule is CCCCCCC1(N)CCC(C(C)(C)CC)CC1. The Morgan fingerprint density at radius 2 is 1.67 bits per heavy atom. The zero-order valence-corrected chi connectivity index (χ0v) is 13.2. The third kappa shape index (κ3) is 4.57. The Balaban J connectivity index is 2.33. The third-order valence-corrected chi connectivity index (χ3v) is 5.53. The minimum atomic E-state index is 0.175. The van der Waals surface area contributed by atoms with Gasteiger partial charge in [0.05, 0.1) is 0 Å². The highest BCUT2D eigenvalue weighted by atomic mass is 14.7. The third-order valence-electron chi connectivity index (χ3n) is 5.53. The normalized spacial score (nSPS) is 29.5. The number of unbranched alkanes of at least 4 members (excludes halogenated alkanes) is 3. The average molecular weight is 253 g/mol. The summed E-state index contributed by atoms with van der Waals surface area (Å²) in [6.45, 7) is 9.47. The molecule has 1 aliphatic rings. The lowest BCUT2D eigenvalue weighted by atomic mass is 9.65. The molecule has 0 amide bonds. The summed E-state index contributed by atoms with van der Waals surface area (Å²) < 4.78 is 0. The van der Waals surface area contributed by atoms with E-state index in [2.05, 4.69) is 27.7 Å². The molecule has 18 heavy (non-hydrogen) atoms. The highest BCUT2D eigenvalue weighted by Crippen LogP contribution is 2.43. The summed E-state index contributed by atoms with van der Waals surface area (Å²) in [4.78, 5) is 0. The van der Waals surface area contributed by atoms with Gasteiger partial charge in [-0.1, -0.05) is 59.8 Å². The van der Waals surface area contributed by atoms with Crippen LogP contribution in [-0.4, -0.2) is 5.54 Å². The second-order valence-corrected chi connectivity index (χ2v) is 7.29. The fourth-order valence-corrected chi connectivity index (χ4v) is 3.42. The summed E-state index contributed by atoms with van der Waals surface area (Å²) >= 11 is 0. The van der Waals surface area contributed by atoms with Crippen LogP contribution in [0, 0.1) is 11.3 Å². The summed E-state index contributed by atoms with van der Waals surface area (Å²) in [5.74, 6) is 0.898. The van der Waals surface area contributed by atoms with Gasteiger partial charge < -0.3 is 5.73 Å². The van der Waals surface area contributed by atoms with Gasteiger partial charge in [-0.2, -0.15) is 0 Å². The van der Waals surface area contributed by atoms with E-state index in [9.17, 15) is 0 Å². The predicted molar refractivity (Wildman–Crippen MR) is 81.7 cm³/mol. The summed E-state index contributed by atoms with van der Waals surface area (Å²) in [6, 6.07) is 0. The van der Waals surface area contributed by atoms with Crippen LogP contribution >= 0.6 is 0 Å². The second-order valence-electron chi connectivity index (χ2n) is 7.29. The minimum Gasteiger partial charge on any atom is -0.325 e. The van der Waals surface area contributed by atoms with Crippen LogP contribution in [0.2, 0.25) is 0 Å². The first-order valence-corrected chi connectivity index (χ1v) is 8.22. The number of nitrogens with two attached hydrogens (primary N) is 1. The monoisotopic (exact) mass is 253 g/mol. The van der Waals surface area contributed by atoms with Crippen molar-refractivity contribution in [2.24, 2.45) is 17.1 Å². The molecular formula is C17H35N. The molecule has 0 atom stereocenters. The highest BCUT2D eigenvalue weighted by molar-refractivity contribution is 4.93. The van der Waals surface area contributed by atoms with Crippen LogP contribution in [0.5, 0.6) is 0 Å². The summed E-state index contributed by atoms with van der Waals surface area (Å²) in [7, 11) is 0. The standard InChI is InChI=1S/C17H35N/c1-5-7-8-9-12-17(18)13-10-15(11-14-17)16(3,4)6-2/h15H,5-14,18H2,1-4H3. The van der Waals surface area contributed by atoms with E-state index >= 15 is 0 Å². The van der Waals surface area contributed by atoms with Crippen molar-refractivity contribution in [2.45, 2.75) is 97.4 Å². The zero-order chi connectivity index (χ0) is 13.6. The summed E-state index contributed by atoms with van der Waals surface area (Å²) in [5, 5.41) is 0. The largest absolute Gasteiger partial charge is 0.325 e. The van der Waals surface area contributed by atoms with Crippen LogP contribution in [0.3, 0.4) is 0 Å². The fourth-order valence-electron chi connectivity index (χ4n) is 3.42. The van der Waals surface area contributed by atoms with E-state index in [1.54, 1.807) is 0 Å². The van der Waals surface area contributed by atoms with Crippen molar-refractivity contribution in [1.29, 1.82) is 0 Å². The van der Waals surface area contributed by atoms with E-state index in [1.165, 1.54) is 64.2 Å². The second kappa shape index (κ2) is 6.93. The van der Waals surface area contributed by atoms with Gasteiger partial charge in [0.25, 0.3) is 0 Å². The molecule has 1 rings (SSSR count). The van der Waals surface area contributed by atoms with E-state index in [0.717, 1.165) is 5.92 Å². The van der Waals surface area contributed by atoms with Crippen LogP contribution in [0.1, 0.15) is 91.9 Å². The molecule has 1 saturated carbocycles. The topological polar surface area (TPSA) is 26.0 Å². The molecule has 0 aromatic heterocycles. The first-order valence-electron chi connectivity index (χ1n) is 8.22. The molecule has 0 saturated heterocycles. The minimum absolute atomic E-state index is 0.175. The van der Waals surface area contributed by atoms with Gasteiger partial charge in [0.1, 0.15) is 0 Å². The molecule has 2 N–H and O–H groups in total. The van der Waals surface area contributed by atoms with Gasteiger partial charge in [0.15, 0.2) is 0 Å². The van der Waals surface area contributed by atoms with Crippen LogP contribution in [-0.2, 0) is 0 Å². The van der Waals surface area contributed by atoms with Gasteiger partial charge in [0.2, 0.25) is 0 Å². The molecule has 0 heterocycles. The molecule has 0 bridgehead atoms. The van der Waals surface area contributed by atoms with Gasteiger partial charge in [0, 0.05) is 5.54 Å². The van der Waals surface area contributed by atoms with Gasteiger partial charge in [-0.25, -0.2) is 0 Å². The van der Waals surface area contributed by atoms with Crippen LogP contribution < -0.4 is 5.73 Å². The molecule has 1 aliphatic carbocycles. The van der Waals surface area contributed by atoms with E-state index in [4.69, 9.17) is 5.73 Å². The maximum Gasteiger partial charge on any atom is 0.0154 e. The van der Waals surface area contributed by atoms with E-state index < -0.39 is 0 Å². The number of hydrogen-bond donors (Lipinski definition) is 1. The van der Waals surface area contributed by atoms with Crippen LogP contribution in [0.15, 0.2) is 0 Å². The fraction of sp³-hybridized carbons (Fsp3) is 1.00. The molecule has 0 unspecified atom stereocenters. The van der Waals surface area contributed by atoms with Crippen LogP contribution in [0.25, 0.3) is 0 Å². The molecule has 0 aromatic carbocycles. The van der Waals surface area contributed by atoms with Crippen molar-refractivity contribution in [3.8, 4) is 0 Å². The lowest BCUT2D eigenvalue weighted by molar-refractivity contribution is 0.110. The van der Waals surface area contributed by atoms with Gasteiger partial charge in [-0.05, 0) is 43.4 Å². The lowest BCUT2D eigenvalue weighted by Gasteiger charge is -2.43. The van der Waals surface area contributed by atoms with E-state index in [0.29, 0.717) is 5.41 Å². The molecule has 1 heteroatoms. The Morgan fingerprint density at radius 3 is 2.17 bits per heavy atom. The quantitative estimate of drug-likeness (QED) is 0.614. The highest BCUT2D eigenvalue weighted by Gasteiger charge is 2.36. The average Bonchev–Trinajstić information content (AvgIpc) is 2.35. The predicted octanol–water partition coefficient (Wildman–Crippen LogP) is 5.28.